The van der Waals surface area contributed by atoms with E-state index >= 15 is 0 Å². The quantitative estimate of drug-likeness (QED) is 0.795. The van der Waals surface area contributed by atoms with Crippen molar-refractivity contribution >= 4 is 29.0 Å². The second-order valence-electron chi connectivity index (χ2n) is 6.25. The van der Waals surface area contributed by atoms with Gasteiger partial charge in [-0.3, -0.25) is 4.79 Å². The summed E-state index contributed by atoms with van der Waals surface area (Å²) in [5, 5.41) is 9.79. The standard InChI is InChI=1S/C19H23N3O2S/c1-20-18(23)9-6-15-4-2-3-5-17(15)21-19(24)22(16-7-8-16)12-14-10-11-25-13-14/h2-5,10-11,13,16H,6-9,12H2,1H3,(H,20,23)(H,21,24). The van der Waals surface area contributed by atoms with E-state index in [1.165, 1.54) is 5.56 Å². The van der Waals surface area contributed by atoms with Gasteiger partial charge in [0, 0.05) is 31.7 Å². The number of urea groups is 1. The zero-order valence-corrected chi connectivity index (χ0v) is 15.1. The lowest BCUT2D eigenvalue weighted by Gasteiger charge is -2.23. The average Bonchev–Trinajstić information content (AvgIpc) is 3.34. The summed E-state index contributed by atoms with van der Waals surface area (Å²) in [6.07, 6.45) is 3.14. The number of hydrogen-bond donors (Lipinski definition) is 2. The van der Waals surface area contributed by atoms with E-state index in [-0.39, 0.29) is 11.9 Å². The number of para-hydroxylation sites is 1. The van der Waals surface area contributed by atoms with Crippen molar-refractivity contribution < 1.29 is 9.59 Å². The normalized spacial score (nSPS) is 13.3. The molecule has 6 heteroatoms. The highest BCUT2D eigenvalue weighted by molar-refractivity contribution is 7.07. The van der Waals surface area contributed by atoms with E-state index in [9.17, 15) is 9.59 Å². The summed E-state index contributed by atoms with van der Waals surface area (Å²) >= 11 is 1.65. The number of rotatable bonds is 7. The number of anilines is 1. The molecule has 1 heterocycles. The lowest BCUT2D eigenvalue weighted by atomic mass is 10.1. The number of hydrogen-bond acceptors (Lipinski definition) is 3. The Morgan fingerprint density at radius 3 is 2.72 bits per heavy atom. The SMILES string of the molecule is CNC(=O)CCc1ccccc1NC(=O)N(Cc1ccsc1)C1CC1. The van der Waals surface area contributed by atoms with Crippen LogP contribution in [0.2, 0.25) is 0 Å². The number of thiophene rings is 1. The summed E-state index contributed by atoms with van der Waals surface area (Å²) in [7, 11) is 1.63. The summed E-state index contributed by atoms with van der Waals surface area (Å²) in [6, 6.07) is 10.0. The van der Waals surface area contributed by atoms with E-state index in [0.717, 1.165) is 24.1 Å². The van der Waals surface area contributed by atoms with Crippen LogP contribution in [-0.4, -0.2) is 29.9 Å². The summed E-state index contributed by atoms with van der Waals surface area (Å²) in [6.45, 7) is 0.639. The van der Waals surface area contributed by atoms with Gasteiger partial charge in [0.1, 0.15) is 0 Å². The maximum Gasteiger partial charge on any atom is 0.322 e. The Balaban J connectivity index is 1.67. The summed E-state index contributed by atoms with van der Waals surface area (Å²) in [4.78, 5) is 26.2. The van der Waals surface area contributed by atoms with Gasteiger partial charge in [-0.05, 0) is 53.3 Å². The topological polar surface area (TPSA) is 61.4 Å². The van der Waals surface area contributed by atoms with Crippen molar-refractivity contribution in [2.45, 2.75) is 38.3 Å². The molecule has 25 heavy (non-hydrogen) atoms. The average molecular weight is 357 g/mol. The van der Waals surface area contributed by atoms with Crippen LogP contribution < -0.4 is 10.6 Å². The Hall–Kier alpha value is -2.34. The van der Waals surface area contributed by atoms with Crippen molar-refractivity contribution in [1.29, 1.82) is 0 Å². The molecule has 0 saturated heterocycles. The second kappa shape index (κ2) is 8.16. The van der Waals surface area contributed by atoms with E-state index in [1.807, 2.05) is 34.5 Å². The molecule has 1 fully saturated rings. The van der Waals surface area contributed by atoms with Crippen molar-refractivity contribution in [2.24, 2.45) is 0 Å². The Morgan fingerprint density at radius 1 is 1.24 bits per heavy atom. The minimum Gasteiger partial charge on any atom is -0.359 e. The number of amides is 3. The number of carbonyl (C=O) groups is 2. The smallest absolute Gasteiger partial charge is 0.322 e. The molecular weight excluding hydrogens is 334 g/mol. The fraction of sp³-hybridized carbons (Fsp3) is 0.368. The molecule has 1 saturated carbocycles. The van der Waals surface area contributed by atoms with Gasteiger partial charge in [0.2, 0.25) is 5.91 Å². The van der Waals surface area contributed by atoms with Crippen LogP contribution >= 0.6 is 11.3 Å². The van der Waals surface area contributed by atoms with Crippen molar-refractivity contribution in [3.63, 3.8) is 0 Å². The molecule has 1 aromatic heterocycles. The molecule has 132 valence electrons. The molecule has 3 rings (SSSR count). The van der Waals surface area contributed by atoms with Gasteiger partial charge in [-0.1, -0.05) is 18.2 Å². The highest BCUT2D eigenvalue weighted by Crippen LogP contribution is 2.30. The highest BCUT2D eigenvalue weighted by atomic mass is 32.1. The zero-order valence-electron chi connectivity index (χ0n) is 14.3. The Morgan fingerprint density at radius 2 is 2.04 bits per heavy atom. The van der Waals surface area contributed by atoms with Crippen LogP contribution in [0.1, 0.15) is 30.4 Å². The third-order valence-electron chi connectivity index (χ3n) is 4.34. The molecule has 3 amide bonds. The molecule has 0 radical (unpaired) electrons. The Labute approximate surface area is 152 Å². The fourth-order valence-electron chi connectivity index (χ4n) is 2.75. The number of benzene rings is 1. The molecule has 1 aliphatic carbocycles. The van der Waals surface area contributed by atoms with Gasteiger partial charge in [0.25, 0.3) is 0 Å². The van der Waals surface area contributed by atoms with Crippen molar-refractivity contribution in [3.8, 4) is 0 Å². The molecule has 0 unspecified atom stereocenters. The molecule has 0 atom stereocenters. The van der Waals surface area contributed by atoms with Gasteiger partial charge in [0.05, 0.1) is 0 Å². The van der Waals surface area contributed by atoms with Crippen LogP contribution in [0.15, 0.2) is 41.1 Å². The molecular formula is C19H23N3O2S. The predicted molar refractivity (Wildman–Crippen MR) is 101 cm³/mol. The third kappa shape index (κ3) is 4.82. The monoisotopic (exact) mass is 357 g/mol. The van der Waals surface area contributed by atoms with Gasteiger partial charge in [-0.2, -0.15) is 11.3 Å². The van der Waals surface area contributed by atoms with E-state index < -0.39 is 0 Å². The molecule has 1 aliphatic rings. The Kier molecular flexibility index (Phi) is 5.71. The van der Waals surface area contributed by atoms with Crippen LogP contribution in [0.4, 0.5) is 10.5 Å². The molecule has 0 bridgehead atoms. The van der Waals surface area contributed by atoms with Crippen LogP contribution in [0.5, 0.6) is 0 Å². The van der Waals surface area contributed by atoms with E-state index in [1.54, 1.807) is 18.4 Å². The van der Waals surface area contributed by atoms with E-state index in [4.69, 9.17) is 0 Å². The first-order chi connectivity index (χ1) is 12.2. The number of carbonyl (C=O) groups excluding carboxylic acids is 2. The van der Waals surface area contributed by atoms with Gasteiger partial charge in [-0.15, -0.1) is 0 Å². The Bertz CT molecular complexity index is 726. The van der Waals surface area contributed by atoms with Crippen molar-refractivity contribution in [2.75, 3.05) is 12.4 Å². The van der Waals surface area contributed by atoms with Crippen LogP contribution in [0.25, 0.3) is 0 Å². The van der Waals surface area contributed by atoms with Gasteiger partial charge < -0.3 is 15.5 Å². The number of nitrogens with zero attached hydrogens (tertiary/aromatic N) is 1. The lowest BCUT2D eigenvalue weighted by Crippen LogP contribution is -2.36. The van der Waals surface area contributed by atoms with Gasteiger partial charge in [0.15, 0.2) is 0 Å². The number of nitrogens with one attached hydrogen (secondary N) is 2. The maximum atomic E-state index is 12.8. The zero-order chi connectivity index (χ0) is 17.6. The van der Waals surface area contributed by atoms with Crippen molar-refractivity contribution in [1.82, 2.24) is 10.2 Å². The first kappa shape index (κ1) is 17.5. The summed E-state index contributed by atoms with van der Waals surface area (Å²) in [5.41, 5.74) is 2.93. The van der Waals surface area contributed by atoms with Gasteiger partial charge >= 0.3 is 6.03 Å². The molecule has 2 aromatic rings. The second-order valence-corrected chi connectivity index (χ2v) is 7.03. The first-order valence-electron chi connectivity index (χ1n) is 8.54. The molecule has 2 N–H and O–H groups in total. The largest absolute Gasteiger partial charge is 0.359 e. The minimum atomic E-state index is -0.0684. The van der Waals surface area contributed by atoms with Gasteiger partial charge in [-0.25, -0.2) is 4.79 Å². The van der Waals surface area contributed by atoms with Crippen molar-refractivity contribution in [3.05, 3.63) is 52.2 Å². The third-order valence-corrected chi connectivity index (χ3v) is 5.07. The fourth-order valence-corrected chi connectivity index (χ4v) is 3.41. The van der Waals surface area contributed by atoms with Crippen LogP contribution in [0, 0.1) is 0 Å². The lowest BCUT2D eigenvalue weighted by molar-refractivity contribution is -0.120. The molecule has 0 spiro atoms. The van der Waals surface area contributed by atoms with E-state index in [0.29, 0.717) is 25.4 Å². The number of aryl methyl sites for hydroxylation is 1. The molecule has 5 nitrogen and oxygen atoms in total. The molecule has 1 aromatic carbocycles. The predicted octanol–water partition coefficient (Wildman–Crippen LogP) is 3.62. The minimum absolute atomic E-state index is 0.00167. The summed E-state index contributed by atoms with van der Waals surface area (Å²) < 4.78 is 0. The maximum absolute atomic E-state index is 12.8. The first-order valence-corrected chi connectivity index (χ1v) is 9.49. The van der Waals surface area contributed by atoms with E-state index in [2.05, 4.69) is 22.1 Å². The highest BCUT2D eigenvalue weighted by Gasteiger charge is 2.32. The van der Waals surface area contributed by atoms with Crippen LogP contribution in [-0.2, 0) is 17.8 Å². The molecule has 0 aliphatic heterocycles. The van der Waals surface area contributed by atoms with Crippen LogP contribution in [0.3, 0.4) is 0 Å². The summed E-state index contributed by atoms with van der Waals surface area (Å²) in [5.74, 6) is -0.00167.